The van der Waals surface area contributed by atoms with Crippen molar-refractivity contribution >= 4 is 22.6 Å². The van der Waals surface area contributed by atoms with Crippen molar-refractivity contribution < 1.29 is 0 Å². The summed E-state index contributed by atoms with van der Waals surface area (Å²) in [6, 6.07) is 9.07. The quantitative estimate of drug-likeness (QED) is 0.648. The first-order valence-corrected chi connectivity index (χ1v) is 5.89. The molecule has 1 aromatic rings. The molecule has 14 heavy (non-hydrogen) atoms. The van der Waals surface area contributed by atoms with E-state index in [0.29, 0.717) is 6.04 Å². The molecule has 0 heterocycles. The fourth-order valence-electron chi connectivity index (χ4n) is 1.49. The van der Waals surface area contributed by atoms with Crippen LogP contribution in [0.2, 0.25) is 0 Å². The molecular weight excluding hydrogens is 285 g/mol. The van der Waals surface area contributed by atoms with Gasteiger partial charge in [-0.1, -0.05) is 18.2 Å². The first-order valence-electron chi connectivity index (χ1n) is 4.81. The number of allylic oxidation sites excluding steroid dienone is 1. The number of hydrogen-bond donors (Lipinski definition) is 1. The Labute approximate surface area is 99.7 Å². The van der Waals surface area contributed by atoms with Crippen LogP contribution in [0.1, 0.15) is 24.4 Å². The van der Waals surface area contributed by atoms with Crippen molar-refractivity contribution in [1.82, 2.24) is 5.32 Å². The molecule has 1 atom stereocenters. The molecule has 0 spiro atoms. The lowest BCUT2D eigenvalue weighted by atomic mass is 10.0. The molecule has 0 radical (unpaired) electrons. The van der Waals surface area contributed by atoms with Gasteiger partial charge >= 0.3 is 0 Å². The average Bonchev–Trinajstić information content (AvgIpc) is 2.19. The van der Waals surface area contributed by atoms with Gasteiger partial charge in [0.1, 0.15) is 0 Å². The third-order valence-corrected chi connectivity index (χ3v) is 2.93. The van der Waals surface area contributed by atoms with E-state index in [-0.39, 0.29) is 0 Å². The Morgan fingerprint density at radius 1 is 1.57 bits per heavy atom. The van der Waals surface area contributed by atoms with Crippen LogP contribution in [0, 0.1) is 3.57 Å². The highest BCUT2D eigenvalue weighted by Gasteiger charge is 2.07. The molecular formula is C12H16IN. The maximum atomic E-state index is 3.75. The van der Waals surface area contributed by atoms with Gasteiger partial charge in [-0.15, -0.1) is 6.58 Å². The second-order valence-electron chi connectivity index (χ2n) is 3.26. The first kappa shape index (κ1) is 11.7. The van der Waals surface area contributed by atoms with E-state index < -0.39 is 0 Å². The normalized spacial score (nSPS) is 12.4. The molecule has 1 nitrogen and oxygen atoms in total. The minimum absolute atomic E-state index is 0.447. The number of hydrogen-bond acceptors (Lipinski definition) is 1. The first-order chi connectivity index (χ1) is 6.77. The monoisotopic (exact) mass is 301 g/mol. The zero-order valence-electron chi connectivity index (χ0n) is 8.46. The van der Waals surface area contributed by atoms with Gasteiger partial charge in [0, 0.05) is 9.61 Å². The fraction of sp³-hybridized carbons (Fsp3) is 0.333. The molecule has 1 unspecified atom stereocenters. The molecule has 0 aliphatic carbocycles. The van der Waals surface area contributed by atoms with Crippen LogP contribution < -0.4 is 5.32 Å². The minimum Gasteiger partial charge on any atom is -0.313 e. The number of benzene rings is 1. The molecule has 1 aromatic carbocycles. The van der Waals surface area contributed by atoms with Crippen LogP contribution in [0.5, 0.6) is 0 Å². The summed E-state index contributed by atoms with van der Waals surface area (Å²) in [5, 5.41) is 3.33. The highest BCUT2D eigenvalue weighted by atomic mass is 127. The molecule has 2 heteroatoms. The smallest absolute Gasteiger partial charge is 0.0320 e. The maximum Gasteiger partial charge on any atom is 0.0320 e. The van der Waals surface area contributed by atoms with Crippen molar-refractivity contribution in [2.45, 2.75) is 18.9 Å². The van der Waals surface area contributed by atoms with E-state index in [1.54, 1.807) is 0 Å². The SMILES string of the molecule is C=CCCC(NC)c1cccc(I)c1. The van der Waals surface area contributed by atoms with E-state index in [4.69, 9.17) is 0 Å². The Hall–Kier alpha value is -0.350. The van der Waals surface area contributed by atoms with Gasteiger partial charge in [-0.25, -0.2) is 0 Å². The third kappa shape index (κ3) is 3.42. The van der Waals surface area contributed by atoms with Crippen molar-refractivity contribution in [3.8, 4) is 0 Å². The lowest BCUT2D eigenvalue weighted by Crippen LogP contribution is -2.16. The minimum atomic E-state index is 0.447. The second-order valence-corrected chi connectivity index (χ2v) is 4.51. The topological polar surface area (TPSA) is 12.0 Å². The fourth-order valence-corrected chi connectivity index (χ4v) is 2.05. The largest absolute Gasteiger partial charge is 0.313 e. The van der Waals surface area contributed by atoms with Gasteiger partial charge in [-0.05, 0) is 60.2 Å². The van der Waals surface area contributed by atoms with Crippen molar-refractivity contribution in [1.29, 1.82) is 0 Å². The van der Waals surface area contributed by atoms with Gasteiger partial charge in [0.25, 0.3) is 0 Å². The number of nitrogens with one attached hydrogen (secondary N) is 1. The molecule has 1 N–H and O–H groups in total. The summed E-state index contributed by atoms with van der Waals surface area (Å²) in [7, 11) is 2.01. The van der Waals surface area contributed by atoms with Crippen LogP contribution in [-0.2, 0) is 0 Å². The van der Waals surface area contributed by atoms with E-state index in [1.807, 2.05) is 13.1 Å². The molecule has 0 saturated carbocycles. The van der Waals surface area contributed by atoms with Gasteiger partial charge in [0.05, 0.1) is 0 Å². The van der Waals surface area contributed by atoms with Gasteiger partial charge < -0.3 is 5.32 Å². The molecule has 0 aliphatic rings. The van der Waals surface area contributed by atoms with Crippen LogP contribution in [0.25, 0.3) is 0 Å². The summed E-state index contributed by atoms with van der Waals surface area (Å²) in [5.74, 6) is 0. The molecule has 76 valence electrons. The highest BCUT2D eigenvalue weighted by molar-refractivity contribution is 14.1. The van der Waals surface area contributed by atoms with Crippen molar-refractivity contribution in [2.75, 3.05) is 7.05 Å². The van der Waals surface area contributed by atoms with Crippen LogP contribution in [-0.4, -0.2) is 7.05 Å². The van der Waals surface area contributed by atoms with Crippen molar-refractivity contribution in [3.05, 3.63) is 46.1 Å². The predicted molar refractivity (Wildman–Crippen MR) is 70.4 cm³/mol. The summed E-state index contributed by atoms with van der Waals surface area (Å²) >= 11 is 2.34. The van der Waals surface area contributed by atoms with Crippen LogP contribution in [0.15, 0.2) is 36.9 Å². The van der Waals surface area contributed by atoms with E-state index in [1.165, 1.54) is 9.13 Å². The number of halogens is 1. The number of rotatable bonds is 5. The maximum absolute atomic E-state index is 3.75. The molecule has 0 fully saturated rings. The van der Waals surface area contributed by atoms with Crippen LogP contribution in [0.3, 0.4) is 0 Å². The van der Waals surface area contributed by atoms with E-state index >= 15 is 0 Å². The Morgan fingerprint density at radius 3 is 2.93 bits per heavy atom. The van der Waals surface area contributed by atoms with Crippen molar-refractivity contribution in [3.63, 3.8) is 0 Å². The zero-order valence-corrected chi connectivity index (χ0v) is 10.6. The Morgan fingerprint density at radius 2 is 2.36 bits per heavy atom. The average molecular weight is 301 g/mol. The predicted octanol–water partition coefficient (Wildman–Crippen LogP) is 3.52. The highest BCUT2D eigenvalue weighted by Crippen LogP contribution is 2.19. The zero-order chi connectivity index (χ0) is 10.4. The van der Waals surface area contributed by atoms with Gasteiger partial charge in [0.2, 0.25) is 0 Å². The van der Waals surface area contributed by atoms with Crippen LogP contribution >= 0.6 is 22.6 Å². The molecule has 0 amide bonds. The third-order valence-electron chi connectivity index (χ3n) is 2.26. The molecule has 0 bridgehead atoms. The summed E-state index contributed by atoms with van der Waals surface area (Å²) in [5.41, 5.74) is 1.36. The Kier molecular flexibility index (Phi) is 5.19. The van der Waals surface area contributed by atoms with Gasteiger partial charge in [-0.2, -0.15) is 0 Å². The summed E-state index contributed by atoms with van der Waals surface area (Å²) in [6.45, 7) is 3.75. The summed E-state index contributed by atoms with van der Waals surface area (Å²) in [4.78, 5) is 0. The van der Waals surface area contributed by atoms with Crippen molar-refractivity contribution in [2.24, 2.45) is 0 Å². The Bertz CT molecular complexity index is 296. The summed E-state index contributed by atoms with van der Waals surface area (Å²) < 4.78 is 1.29. The standard InChI is InChI=1S/C12H16IN/c1-3-4-8-12(14-2)10-6-5-7-11(13)9-10/h3,5-7,9,12,14H,1,4,8H2,2H3. The molecule has 1 rings (SSSR count). The second kappa shape index (κ2) is 6.19. The van der Waals surface area contributed by atoms with E-state index in [9.17, 15) is 0 Å². The van der Waals surface area contributed by atoms with E-state index in [0.717, 1.165) is 12.8 Å². The molecule has 0 aliphatic heterocycles. The van der Waals surface area contributed by atoms with Gasteiger partial charge in [-0.3, -0.25) is 0 Å². The lowest BCUT2D eigenvalue weighted by Gasteiger charge is -2.15. The Balaban J connectivity index is 2.72. The molecule has 0 aromatic heterocycles. The lowest BCUT2D eigenvalue weighted by molar-refractivity contribution is 0.554. The summed E-state index contributed by atoms with van der Waals surface area (Å²) in [6.07, 6.45) is 4.13. The van der Waals surface area contributed by atoms with Crippen LogP contribution in [0.4, 0.5) is 0 Å². The van der Waals surface area contributed by atoms with Gasteiger partial charge in [0.15, 0.2) is 0 Å². The van der Waals surface area contributed by atoms with E-state index in [2.05, 4.69) is 58.8 Å². The molecule has 0 saturated heterocycles.